The first kappa shape index (κ1) is 11.4. The summed E-state index contributed by atoms with van der Waals surface area (Å²) < 4.78 is 18.9. The number of ether oxygens (including phenoxy) is 1. The quantitative estimate of drug-likeness (QED) is 0.850. The van der Waals surface area contributed by atoms with Gasteiger partial charge in [-0.3, -0.25) is 0 Å². The summed E-state index contributed by atoms with van der Waals surface area (Å²) in [5.41, 5.74) is 1.51. The maximum atomic E-state index is 13.3. The van der Waals surface area contributed by atoms with Gasteiger partial charge in [-0.25, -0.2) is 4.39 Å². The first-order valence-electron chi connectivity index (χ1n) is 5.87. The number of nitrogens with one attached hydrogen (secondary N) is 1. The van der Waals surface area contributed by atoms with E-state index in [2.05, 4.69) is 5.32 Å². The van der Waals surface area contributed by atoms with E-state index in [9.17, 15) is 4.39 Å². The molecule has 1 aliphatic rings. The van der Waals surface area contributed by atoms with E-state index >= 15 is 0 Å². The van der Waals surface area contributed by atoms with E-state index in [4.69, 9.17) is 4.74 Å². The molecule has 1 aromatic rings. The van der Waals surface area contributed by atoms with Crippen LogP contribution >= 0.6 is 0 Å². The number of hydrogen-bond acceptors (Lipinski definition) is 2. The summed E-state index contributed by atoms with van der Waals surface area (Å²) >= 11 is 0. The summed E-state index contributed by atoms with van der Waals surface area (Å²) in [7, 11) is 0. The Balaban J connectivity index is 1.86. The molecule has 2 nitrogen and oxygen atoms in total. The third kappa shape index (κ3) is 2.95. The van der Waals surface area contributed by atoms with Crippen molar-refractivity contribution in [3.63, 3.8) is 0 Å². The van der Waals surface area contributed by atoms with E-state index in [0.717, 1.165) is 31.7 Å². The number of halogens is 1. The Hall–Kier alpha value is -1.09. The fourth-order valence-corrected chi connectivity index (χ4v) is 1.90. The largest absolute Gasteiger partial charge is 0.382 e. The van der Waals surface area contributed by atoms with Crippen LogP contribution in [0.2, 0.25) is 0 Å². The van der Waals surface area contributed by atoms with Crippen LogP contribution in [-0.2, 0) is 4.74 Å². The first-order chi connectivity index (χ1) is 7.75. The molecule has 88 valence electrons. The minimum Gasteiger partial charge on any atom is -0.382 e. The van der Waals surface area contributed by atoms with Crippen molar-refractivity contribution >= 4 is 5.69 Å². The highest BCUT2D eigenvalue weighted by molar-refractivity contribution is 5.45. The topological polar surface area (TPSA) is 21.3 Å². The first-order valence-corrected chi connectivity index (χ1v) is 5.87. The van der Waals surface area contributed by atoms with E-state index in [1.807, 2.05) is 6.07 Å². The third-order valence-electron chi connectivity index (χ3n) is 2.98. The second-order valence-electron chi connectivity index (χ2n) is 4.33. The molecule has 2 rings (SSSR count). The summed E-state index contributed by atoms with van der Waals surface area (Å²) in [6, 6.07) is 5.23. The van der Waals surface area contributed by atoms with Crippen molar-refractivity contribution in [1.82, 2.24) is 0 Å². The molecular formula is C13H18FNO. The van der Waals surface area contributed by atoms with Crippen molar-refractivity contribution in [3.8, 4) is 0 Å². The Kier molecular flexibility index (Phi) is 3.78. The second kappa shape index (κ2) is 5.30. The number of aryl methyl sites for hydroxylation is 1. The summed E-state index contributed by atoms with van der Waals surface area (Å²) in [4.78, 5) is 0. The van der Waals surface area contributed by atoms with Crippen molar-refractivity contribution in [2.45, 2.75) is 32.3 Å². The standard InChI is InChI=1S/C13H18FNO/c1-10-5-6-11(8-13(10)14)15-9-12-4-2-3-7-16-12/h5-6,8,12,15H,2-4,7,9H2,1H3. The maximum absolute atomic E-state index is 13.3. The highest BCUT2D eigenvalue weighted by atomic mass is 19.1. The molecule has 1 N–H and O–H groups in total. The Morgan fingerprint density at radius 1 is 1.44 bits per heavy atom. The van der Waals surface area contributed by atoms with Crippen LogP contribution < -0.4 is 5.32 Å². The molecule has 1 heterocycles. The molecule has 3 heteroatoms. The lowest BCUT2D eigenvalue weighted by Crippen LogP contribution is -2.26. The molecule has 0 bridgehead atoms. The summed E-state index contributed by atoms with van der Waals surface area (Å²) in [5, 5.41) is 3.22. The molecule has 0 aliphatic carbocycles. The van der Waals surface area contributed by atoms with Crippen LogP contribution in [0.1, 0.15) is 24.8 Å². The number of rotatable bonds is 3. The second-order valence-corrected chi connectivity index (χ2v) is 4.33. The smallest absolute Gasteiger partial charge is 0.128 e. The summed E-state index contributed by atoms with van der Waals surface area (Å²) in [5.74, 6) is -0.158. The highest BCUT2D eigenvalue weighted by Gasteiger charge is 2.13. The predicted octanol–water partition coefficient (Wildman–Crippen LogP) is 3.12. The van der Waals surface area contributed by atoms with Gasteiger partial charge in [0.05, 0.1) is 6.10 Å². The molecule has 0 saturated carbocycles. The Labute approximate surface area is 95.8 Å². The van der Waals surface area contributed by atoms with Gasteiger partial charge in [-0.05, 0) is 43.9 Å². The molecule has 0 aromatic heterocycles. The van der Waals surface area contributed by atoms with Gasteiger partial charge >= 0.3 is 0 Å². The normalized spacial score (nSPS) is 20.8. The average Bonchev–Trinajstić information content (AvgIpc) is 2.32. The molecular weight excluding hydrogens is 205 g/mol. The van der Waals surface area contributed by atoms with Crippen LogP contribution in [0.3, 0.4) is 0 Å². The fourth-order valence-electron chi connectivity index (χ4n) is 1.90. The van der Waals surface area contributed by atoms with E-state index < -0.39 is 0 Å². The van der Waals surface area contributed by atoms with Gasteiger partial charge in [0.1, 0.15) is 5.82 Å². The molecule has 1 unspecified atom stereocenters. The molecule has 1 aliphatic heterocycles. The van der Waals surface area contributed by atoms with Crippen molar-refractivity contribution in [3.05, 3.63) is 29.6 Å². The van der Waals surface area contributed by atoms with Gasteiger partial charge in [-0.1, -0.05) is 6.07 Å². The van der Waals surface area contributed by atoms with Gasteiger partial charge in [-0.15, -0.1) is 0 Å². The lowest BCUT2D eigenvalue weighted by molar-refractivity contribution is 0.0247. The van der Waals surface area contributed by atoms with Gasteiger partial charge in [0.15, 0.2) is 0 Å². The zero-order valence-electron chi connectivity index (χ0n) is 9.63. The van der Waals surface area contributed by atoms with Crippen molar-refractivity contribution in [1.29, 1.82) is 0 Å². The van der Waals surface area contributed by atoms with Gasteiger partial charge < -0.3 is 10.1 Å². The zero-order chi connectivity index (χ0) is 11.4. The average molecular weight is 223 g/mol. The summed E-state index contributed by atoms with van der Waals surface area (Å²) in [6.45, 7) is 3.39. The Morgan fingerprint density at radius 3 is 3.00 bits per heavy atom. The molecule has 1 atom stereocenters. The number of anilines is 1. The molecule has 1 aromatic carbocycles. The third-order valence-corrected chi connectivity index (χ3v) is 2.98. The van der Waals surface area contributed by atoms with Crippen molar-refractivity contribution in [2.75, 3.05) is 18.5 Å². The molecule has 1 fully saturated rings. The predicted molar refractivity (Wildman–Crippen MR) is 63.2 cm³/mol. The number of hydrogen-bond donors (Lipinski definition) is 1. The summed E-state index contributed by atoms with van der Waals surface area (Å²) in [6.07, 6.45) is 3.77. The SMILES string of the molecule is Cc1ccc(NCC2CCCCO2)cc1F. The minimum atomic E-state index is -0.158. The van der Waals surface area contributed by atoms with Crippen LogP contribution in [0.5, 0.6) is 0 Å². The van der Waals surface area contributed by atoms with E-state index in [-0.39, 0.29) is 11.9 Å². The lowest BCUT2D eigenvalue weighted by atomic mass is 10.1. The monoisotopic (exact) mass is 223 g/mol. The molecule has 0 spiro atoms. The lowest BCUT2D eigenvalue weighted by Gasteiger charge is -2.23. The minimum absolute atomic E-state index is 0.158. The van der Waals surface area contributed by atoms with E-state index in [0.29, 0.717) is 5.56 Å². The van der Waals surface area contributed by atoms with Crippen LogP contribution in [0, 0.1) is 12.7 Å². The van der Waals surface area contributed by atoms with Gasteiger partial charge in [0, 0.05) is 18.8 Å². The Bertz CT molecular complexity index is 348. The molecule has 0 radical (unpaired) electrons. The van der Waals surface area contributed by atoms with E-state index in [1.165, 1.54) is 12.5 Å². The van der Waals surface area contributed by atoms with Crippen molar-refractivity contribution in [2.24, 2.45) is 0 Å². The van der Waals surface area contributed by atoms with Gasteiger partial charge in [0.25, 0.3) is 0 Å². The Morgan fingerprint density at radius 2 is 2.31 bits per heavy atom. The van der Waals surface area contributed by atoms with Gasteiger partial charge in [-0.2, -0.15) is 0 Å². The van der Waals surface area contributed by atoms with Crippen LogP contribution in [0.15, 0.2) is 18.2 Å². The van der Waals surface area contributed by atoms with Crippen LogP contribution in [-0.4, -0.2) is 19.3 Å². The van der Waals surface area contributed by atoms with Crippen LogP contribution in [0.25, 0.3) is 0 Å². The molecule has 1 saturated heterocycles. The van der Waals surface area contributed by atoms with Crippen LogP contribution in [0.4, 0.5) is 10.1 Å². The maximum Gasteiger partial charge on any atom is 0.128 e. The zero-order valence-corrected chi connectivity index (χ0v) is 9.63. The van der Waals surface area contributed by atoms with Crippen molar-refractivity contribution < 1.29 is 9.13 Å². The van der Waals surface area contributed by atoms with Gasteiger partial charge in [0.2, 0.25) is 0 Å². The molecule has 0 amide bonds. The fraction of sp³-hybridized carbons (Fsp3) is 0.538. The van der Waals surface area contributed by atoms with E-state index in [1.54, 1.807) is 13.0 Å². The number of benzene rings is 1. The highest BCUT2D eigenvalue weighted by Crippen LogP contribution is 2.16. The molecule has 16 heavy (non-hydrogen) atoms.